The van der Waals surface area contributed by atoms with Gasteiger partial charge in [-0.15, -0.1) is 0 Å². The Morgan fingerprint density at radius 2 is 1.35 bits per heavy atom. The van der Waals surface area contributed by atoms with Crippen LogP contribution in [0.2, 0.25) is 0 Å². The molecule has 0 saturated heterocycles. The van der Waals surface area contributed by atoms with Crippen LogP contribution in [0.25, 0.3) is 0 Å². The summed E-state index contributed by atoms with van der Waals surface area (Å²) in [4.78, 5) is 43.7. The number of rotatable bonds is 9. The van der Waals surface area contributed by atoms with Crippen LogP contribution in [-0.4, -0.2) is 51.4 Å². The highest BCUT2D eigenvalue weighted by Gasteiger charge is 2.53. The van der Waals surface area contributed by atoms with Crippen molar-refractivity contribution in [1.82, 2.24) is 0 Å². The fourth-order valence-electron chi connectivity index (χ4n) is 7.21. The summed E-state index contributed by atoms with van der Waals surface area (Å²) < 4.78 is 22.4. The average Bonchev–Trinajstić information content (AvgIpc) is 3.44. The molecular weight excluding hydrogens is 582 g/mol. The third kappa shape index (κ3) is 6.26. The molecule has 2 aliphatic rings. The fraction of sp³-hybridized carbons (Fsp3) is 0.395. The van der Waals surface area contributed by atoms with E-state index in [4.69, 9.17) is 18.9 Å². The molecule has 0 spiro atoms. The first-order valence-corrected chi connectivity index (χ1v) is 15.8. The number of ether oxygens (including phenoxy) is 4. The van der Waals surface area contributed by atoms with E-state index in [1.54, 1.807) is 24.1 Å². The number of esters is 3. The van der Waals surface area contributed by atoms with Crippen molar-refractivity contribution in [1.29, 1.82) is 0 Å². The van der Waals surface area contributed by atoms with Gasteiger partial charge in [0.05, 0.1) is 38.5 Å². The second-order valence-corrected chi connectivity index (χ2v) is 12.7. The lowest BCUT2D eigenvalue weighted by Crippen LogP contribution is -2.48. The quantitative estimate of drug-likeness (QED) is 0.194. The van der Waals surface area contributed by atoms with Gasteiger partial charge in [-0.3, -0.25) is 0 Å². The van der Waals surface area contributed by atoms with Crippen molar-refractivity contribution in [3.63, 3.8) is 0 Å². The molecule has 0 radical (unpaired) electrons. The van der Waals surface area contributed by atoms with Crippen molar-refractivity contribution in [2.45, 2.75) is 63.6 Å². The van der Waals surface area contributed by atoms with Gasteiger partial charge in [0.2, 0.25) is 0 Å². The van der Waals surface area contributed by atoms with Crippen molar-refractivity contribution < 1.29 is 33.3 Å². The van der Waals surface area contributed by atoms with Crippen LogP contribution in [0.3, 0.4) is 0 Å². The lowest BCUT2D eigenvalue weighted by Gasteiger charge is -2.44. The molecule has 2 unspecified atom stereocenters. The van der Waals surface area contributed by atoms with Gasteiger partial charge < -0.3 is 23.8 Å². The number of carbonyl (C=O) groups excluding carboxylic acids is 3. The molecule has 1 heterocycles. The first-order valence-electron chi connectivity index (χ1n) is 15.8. The van der Waals surface area contributed by atoms with Gasteiger partial charge in [-0.1, -0.05) is 87.9 Å². The first kappa shape index (κ1) is 32.8. The van der Waals surface area contributed by atoms with Crippen LogP contribution in [0.1, 0.15) is 57.2 Å². The summed E-state index contributed by atoms with van der Waals surface area (Å²) in [5.74, 6) is -1.13. The molecule has 5 atom stereocenters. The third-order valence-electron chi connectivity index (χ3n) is 9.68. The van der Waals surface area contributed by atoms with E-state index in [0.717, 1.165) is 12.8 Å². The molecule has 46 heavy (non-hydrogen) atoms. The summed E-state index contributed by atoms with van der Waals surface area (Å²) in [6.45, 7) is 6.57. The molecule has 0 N–H and O–H groups in total. The van der Waals surface area contributed by atoms with Crippen molar-refractivity contribution in [3.05, 3.63) is 107 Å². The molecule has 1 fully saturated rings. The van der Waals surface area contributed by atoms with Gasteiger partial charge in [0.15, 0.2) is 6.04 Å². The van der Waals surface area contributed by atoms with E-state index >= 15 is 0 Å². The van der Waals surface area contributed by atoms with Gasteiger partial charge in [0.1, 0.15) is 11.9 Å². The first-order chi connectivity index (χ1) is 22.1. The van der Waals surface area contributed by atoms with E-state index < -0.39 is 36.1 Å². The SMILES string of the molecule is COC(=O)C1=C(C(=O)OC)C(c2ccc(OC)cc2)N(c2ccccc2)C1C(=O)O[C@@H]1C[C@H](C)CC[C@H]1C(C)(C)c1ccccc1. The van der Waals surface area contributed by atoms with Crippen LogP contribution in [0, 0.1) is 11.8 Å². The van der Waals surface area contributed by atoms with Crippen LogP contribution < -0.4 is 9.64 Å². The topological polar surface area (TPSA) is 91.4 Å². The summed E-state index contributed by atoms with van der Waals surface area (Å²) in [5.41, 5.74) is 2.12. The van der Waals surface area contributed by atoms with E-state index in [1.165, 1.54) is 19.8 Å². The number of carbonyl (C=O) groups is 3. The smallest absolute Gasteiger partial charge is 0.337 e. The molecule has 242 valence electrons. The molecule has 1 aliphatic carbocycles. The molecule has 3 aromatic rings. The molecule has 8 nitrogen and oxygen atoms in total. The molecule has 0 bridgehead atoms. The minimum absolute atomic E-state index is 0.0310. The highest BCUT2D eigenvalue weighted by molar-refractivity contribution is 6.10. The maximum absolute atomic E-state index is 14.7. The number of nitrogens with zero attached hydrogens (tertiary/aromatic N) is 1. The van der Waals surface area contributed by atoms with Gasteiger partial charge >= 0.3 is 17.9 Å². The third-order valence-corrected chi connectivity index (χ3v) is 9.68. The highest BCUT2D eigenvalue weighted by atomic mass is 16.6. The van der Waals surface area contributed by atoms with E-state index in [0.29, 0.717) is 29.3 Å². The Labute approximate surface area is 271 Å². The highest BCUT2D eigenvalue weighted by Crippen LogP contribution is 2.48. The minimum Gasteiger partial charge on any atom is -0.497 e. The van der Waals surface area contributed by atoms with Crippen molar-refractivity contribution >= 4 is 23.6 Å². The van der Waals surface area contributed by atoms with Crippen LogP contribution in [0.15, 0.2) is 96.1 Å². The lowest BCUT2D eigenvalue weighted by atomic mass is 9.64. The monoisotopic (exact) mass is 625 g/mol. The summed E-state index contributed by atoms with van der Waals surface area (Å²) in [7, 11) is 4.06. The number of anilines is 1. The maximum atomic E-state index is 14.7. The largest absolute Gasteiger partial charge is 0.497 e. The predicted octanol–water partition coefficient (Wildman–Crippen LogP) is 6.59. The molecule has 5 rings (SSSR count). The Bertz CT molecular complexity index is 1570. The Morgan fingerprint density at radius 1 is 0.761 bits per heavy atom. The number of hydrogen-bond acceptors (Lipinski definition) is 8. The summed E-state index contributed by atoms with van der Waals surface area (Å²) in [5, 5.41) is 0. The van der Waals surface area contributed by atoms with Crippen molar-refractivity contribution in [2.75, 3.05) is 26.2 Å². The van der Waals surface area contributed by atoms with E-state index in [2.05, 4.69) is 32.9 Å². The molecule has 1 aliphatic heterocycles. The van der Waals surface area contributed by atoms with E-state index in [9.17, 15) is 14.4 Å². The van der Waals surface area contributed by atoms with Crippen LogP contribution in [0.4, 0.5) is 5.69 Å². The van der Waals surface area contributed by atoms with Gasteiger partial charge in [0, 0.05) is 11.6 Å². The van der Waals surface area contributed by atoms with Crippen LogP contribution in [0.5, 0.6) is 5.75 Å². The van der Waals surface area contributed by atoms with Crippen molar-refractivity contribution in [3.8, 4) is 5.75 Å². The maximum Gasteiger partial charge on any atom is 0.337 e. The molecule has 8 heteroatoms. The second kappa shape index (κ2) is 13.8. The van der Waals surface area contributed by atoms with E-state index in [-0.39, 0.29) is 22.5 Å². The average molecular weight is 626 g/mol. The molecule has 3 aromatic carbocycles. The lowest BCUT2D eigenvalue weighted by molar-refractivity contribution is -0.158. The zero-order chi connectivity index (χ0) is 33.0. The van der Waals surface area contributed by atoms with Gasteiger partial charge in [-0.2, -0.15) is 0 Å². The Balaban J connectivity index is 1.64. The van der Waals surface area contributed by atoms with Crippen LogP contribution >= 0.6 is 0 Å². The summed E-state index contributed by atoms with van der Waals surface area (Å²) >= 11 is 0. The number of hydrogen-bond donors (Lipinski definition) is 0. The predicted molar refractivity (Wildman–Crippen MR) is 175 cm³/mol. The van der Waals surface area contributed by atoms with Crippen LogP contribution in [-0.2, 0) is 34.0 Å². The Hall–Kier alpha value is -4.59. The molecule has 0 amide bonds. The van der Waals surface area contributed by atoms with Crippen molar-refractivity contribution in [2.24, 2.45) is 11.8 Å². The zero-order valence-corrected chi connectivity index (χ0v) is 27.4. The number of para-hydroxylation sites is 1. The van der Waals surface area contributed by atoms with E-state index in [1.807, 2.05) is 60.7 Å². The normalized spacial score (nSPS) is 23.1. The minimum atomic E-state index is -1.27. The Kier molecular flexibility index (Phi) is 9.85. The molecular formula is C38H43NO7. The second-order valence-electron chi connectivity index (χ2n) is 12.7. The molecule has 1 saturated carbocycles. The van der Waals surface area contributed by atoms with Gasteiger partial charge in [-0.25, -0.2) is 14.4 Å². The summed E-state index contributed by atoms with van der Waals surface area (Å²) in [6, 6.07) is 24.6. The summed E-state index contributed by atoms with van der Waals surface area (Å²) in [6.07, 6.45) is 2.18. The number of benzene rings is 3. The number of methoxy groups -OCH3 is 3. The fourth-order valence-corrected chi connectivity index (χ4v) is 7.21. The Morgan fingerprint density at radius 3 is 1.93 bits per heavy atom. The van der Waals surface area contributed by atoms with Gasteiger partial charge in [-0.05, 0) is 59.6 Å². The van der Waals surface area contributed by atoms with Gasteiger partial charge in [0.25, 0.3) is 0 Å². The zero-order valence-electron chi connectivity index (χ0n) is 27.4. The molecule has 0 aromatic heterocycles. The standard InChI is InChI=1S/C38H43NO7/c1-24-17-22-29(38(2,3)26-13-9-7-10-14-26)30(23-24)46-37(42)34-32(36(41)45-6)31(35(40)44-5)33(25-18-20-28(43-4)21-19-25)39(34)27-15-11-8-12-16-27/h7-16,18-21,24,29-30,33-34H,17,22-23H2,1-6H3/t24-,29-,30-,33?,34?/m1/s1.